The molecule has 0 atom stereocenters. The first kappa shape index (κ1) is 21.7. The fourth-order valence-electron chi connectivity index (χ4n) is 2.92. The van der Waals surface area contributed by atoms with Crippen LogP contribution in [0.2, 0.25) is 0 Å². The van der Waals surface area contributed by atoms with Crippen molar-refractivity contribution >= 4 is 34.9 Å². The second kappa shape index (κ2) is 9.52. The van der Waals surface area contributed by atoms with Crippen molar-refractivity contribution in [3.05, 3.63) is 52.4 Å². The van der Waals surface area contributed by atoms with E-state index in [9.17, 15) is 9.59 Å². The number of halogens is 1. The number of hydrogen-bond acceptors (Lipinski definition) is 6. The van der Waals surface area contributed by atoms with Gasteiger partial charge in [-0.05, 0) is 43.4 Å². The Morgan fingerprint density at radius 3 is 2.61 bits per heavy atom. The lowest BCUT2D eigenvalue weighted by Crippen LogP contribution is -2.28. The van der Waals surface area contributed by atoms with Crippen LogP contribution in [0.1, 0.15) is 24.2 Å². The van der Waals surface area contributed by atoms with E-state index < -0.39 is 5.97 Å². The molecule has 8 heteroatoms. The predicted octanol–water partition coefficient (Wildman–Crippen LogP) is 2.78. The molecule has 0 amide bonds. The molecule has 7 nitrogen and oxygen atoms in total. The highest BCUT2D eigenvalue weighted by atomic mass is 35.5. The maximum Gasteiger partial charge on any atom is 0.339 e. The van der Waals surface area contributed by atoms with Gasteiger partial charge in [0.1, 0.15) is 18.0 Å². The highest BCUT2D eigenvalue weighted by molar-refractivity contribution is 5.90. The summed E-state index contributed by atoms with van der Waals surface area (Å²) in [6, 6.07) is 8.41. The van der Waals surface area contributed by atoms with Gasteiger partial charge in [0.05, 0.1) is 23.6 Å². The summed E-state index contributed by atoms with van der Waals surface area (Å²) >= 11 is 0. The van der Waals surface area contributed by atoms with Crippen LogP contribution >= 0.6 is 12.4 Å². The van der Waals surface area contributed by atoms with Crippen LogP contribution in [0.3, 0.4) is 0 Å². The summed E-state index contributed by atoms with van der Waals surface area (Å²) in [6.45, 7) is 6.92. The lowest BCUT2D eigenvalue weighted by Gasteiger charge is -2.17. The third-order valence-corrected chi connectivity index (χ3v) is 4.59. The molecule has 0 fully saturated rings. The molecule has 28 heavy (non-hydrogen) atoms. The number of esters is 1. The Balaban J connectivity index is 0.00000280. The number of ether oxygens (including phenoxy) is 2. The second-order valence-electron chi connectivity index (χ2n) is 6.11. The van der Waals surface area contributed by atoms with E-state index in [1.807, 2.05) is 0 Å². The standard InChI is InChI=1S/C20H23N3O4.ClH/c1-4-22(5-2)10-11-27-20(25)14-6-9-18-21-17-8-7-15(26-3)12-16(17)19(24)23(18)13-14;/h6-9,12-13H,4-5,10-11H2,1-3H3;1H. The number of methoxy groups -OCH3 is 1. The van der Waals surface area contributed by atoms with Gasteiger partial charge in [0.15, 0.2) is 0 Å². The first-order valence-corrected chi connectivity index (χ1v) is 8.97. The van der Waals surface area contributed by atoms with Gasteiger partial charge in [-0.2, -0.15) is 0 Å². The Bertz CT molecular complexity index is 1030. The molecule has 3 aromatic rings. The van der Waals surface area contributed by atoms with Crippen molar-refractivity contribution in [2.75, 3.05) is 33.4 Å². The molecule has 0 aliphatic carbocycles. The summed E-state index contributed by atoms with van der Waals surface area (Å²) in [6.07, 6.45) is 1.48. The zero-order valence-electron chi connectivity index (χ0n) is 16.2. The fraction of sp³-hybridized carbons (Fsp3) is 0.350. The summed E-state index contributed by atoms with van der Waals surface area (Å²) in [5.41, 5.74) is 1.10. The molecule has 0 N–H and O–H groups in total. The van der Waals surface area contributed by atoms with E-state index in [-0.39, 0.29) is 18.0 Å². The van der Waals surface area contributed by atoms with Crippen LogP contribution < -0.4 is 10.3 Å². The number of carbonyl (C=O) groups is 1. The third-order valence-electron chi connectivity index (χ3n) is 4.59. The molecule has 0 aliphatic heterocycles. The largest absolute Gasteiger partial charge is 0.497 e. The number of pyridine rings is 1. The van der Waals surface area contributed by atoms with E-state index in [2.05, 4.69) is 23.7 Å². The van der Waals surface area contributed by atoms with E-state index in [0.717, 1.165) is 13.1 Å². The number of fused-ring (bicyclic) bond motifs is 2. The second-order valence-corrected chi connectivity index (χ2v) is 6.11. The quantitative estimate of drug-likeness (QED) is 0.444. The Morgan fingerprint density at radius 2 is 1.93 bits per heavy atom. The van der Waals surface area contributed by atoms with Crippen molar-refractivity contribution in [2.45, 2.75) is 13.8 Å². The van der Waals surface area contributed by atoms with E-state index in [0.29, 0.717) is 41.0 Å². The van der Waals surface area contributed by atoms with Crippen molar-refractivity contribution in [2.24, 2.45) is 0 Å². The number of rotatable bonds is 7. The summed E-state index contributed by atoms with van der Waals surface area (Å²) in [5.74, 6) is 0.120. The molecule has 0 aliphatic rings. The van der Waals surface area contributed by atoms with Crippen molar-refractivity contribution in [3.63, 3.8) is 0 Å². The molecule has 0 saturated carbocycles. The predicted molar refractivity (Wildman–Crippen MR) is 111 cm³/mol. The van der Waals surface area contributed by atoms with Crippen LogP contribution in [-0.2, 0) is 4.74 Å². The highest BCUT2D eigenvalue weighted by Crippen LogP contribution is 2.17. The van der Waals surface area contributed by atoms with Gasteiger partial charge in [-0.15, -0.1) is 12.4 Å². The van der Waals surface area contributed by atoms with Gasteiger partial charge in [-0.1, -0.05) is 13.8 Å². The topological polar surface area (TPSA) is 73.1 Å². The number of benzene rings is 1. The maximum absolute atomic E-state index is 12.8. The van der Waals surface area contributed by atoms with Gasteiger partial charge < -0.3 is 14.4 Å². The number of carbonyl (C=O) groups excluding carboxylic acids is 1. The van der Waals surface area contributed by atoms with Gasteiger partial charge in [0.2, 0.25) is 0 Å². The lowest BCUT2D eigenvalue weighted by molar-refractivity contribution is 0.0466. The Hall–Kier alpha value is -2.64. The van der Waals surface area contributed by atoms with Crippen molar-refractivity contribution < 1.29 is 14.3 Å². The smallest absolute Gasteiger partial charge is 0.339 e. The molecule has 1 aromatic carbocycles. The lowest BCUT2D eigenvalue weighted by atomic mass is 10.2. The molecule has 0 saturated heterocycles. The van der Waals surface area contributed by atoms with Crippen molar-refractivity contribution in [3.8, 4) is 5.75 Å². The normalized spacial score (nSPS) is 10.9. The molecule has 3 rings (SSSR count). The van der Waals surface area contributed by atoms with Gasteiger partial charge in [-0.25, -0.2) is 9.78 Å². The summed E-state index contributed by atoms with van der Waals surface area (Å²) in [7, 11) is 1.54. The highest BCUT2D eigenvalue weighted by Gasteiger charge is 2.12. The molecular weight excluding hydrogens is 382 g/mol. The van der Waals surface area contributed by atoms with E-state index in [1.54, 1.807) is 37.4 Å². The first-order chi connectivity index (χ1) is 13.1. The summed E-state index contributed by atoms with van der Waals surface area (Å²) in [4.78, 5) is 31.8. The van der Waals surface area contributed by atoms with Crippen LogP contribution in [0, 0.1) is 0 Å². The number of likely N-dealkylation sites (N-methyl/N-ethyl adjacent to an activating group) is 1. The Kier molecular flexibility index (Phi) is 7.37. The van der Waals surface area contributed by atoms with E-state index in [1.165, 1.54) is 10.6 Å². The monoisotopic (exact) mass is 405 g/mol. The summed E-state index contributed by atoms with van der Waals surface area (Å²) in [5, 5.41) is 0.430. The third kappa shape index (κ3) is 4.43. The Labute approximate surface area is 169 Å². The molecule has 2 aromatic heterocycles. The van der Waals surface area contributed by atoms with Gasteiger partial charge in [0, 0.05) is 12.7 Å². The van der Waals surface area contributed by atoms with E-state index in [4.69, 9.17) is 9.47 Å². The van der Waals surface area contributed by atoms with Crippen molar-refractivity contribution in [1.82, 2.24) is 14.3 Å². The maximum atomic E-state index is 12.8. The molecular formula is C20H24ClN3O4. The van der Waals surface area contributed by atoms with Crippen molar-refractivity contribution in [1.29, 1.82) is 0 Å². The zero-order valence-corrected chi connectivity index (χ0v) is 17.0. The minimum atomic E-state index is -0.457. The van der Waals surface area contributed by atoms with Gasteiger partial charge in [-0.3, -0.25) is 9.20 Å². The average Bonchev–Trinajstić information content (AvgIpc) is 2.71. The molecule has 0 unspecified atom stereocenters. The first-order valence-electron chi connectivity index (χ1n) is 8.97. The minimum absolute atomic E-state index is 0. The van der Waals surface area contributed by atoms with Crippen LogP contribution in [0.15, 0.2) is 41.3 Å². The number of aromatic nitrogens is 2. The molecule has 2 heterocycles. The van der Waals surface area contributed by atoms with Crippen LogP contribution in [0.4, 0.5) is 0 Å². The van der Waals surface area contributed by atoms with Crippen LogP contribution in [0.25, 0.3) is 16.6 Å². The fourth-order valence-corrected chi connectivity index (χ4v) is 2.92. The number of hydrogen-bond donors (Lipinski definition) is 0. The summed E-state index contributed by atoms with van der Waals surface area (Å²) < 4.78 is 11.9. The molecule has 0 spiro atoms. The zero-order chi connectivity index (χ0) is 19.4. The van der Waals surface area contributed by atoms with Gasteiger partial charge >= 0.3 is 5.97 Å². The Morgan fingerprint density at radius 1 is 1.18 bits per heavy atom. The molecule has 0 radical (unpaired) electrons. The SMILES string of the molecule is CCN(CC)CCOC(=O)c1ccc2nc3ccc(OC)cc3c(=O)n2c1.Cl. The average molecular weight is 406 g/mol. The van der Waals surface area contributed by atoms with Crippen LogP contribution in [-0.4, -0.2) is 53.6 Å². The minimum Gasteiger partial charge on any atom is -0.497 e. The van der Waals surface area contributed by atoms with Crippen LogP contribution in [0.5, 0.6) is 5.75 Å². The van der Waals surface area contributed by atoms with E-state index >= 15 is 0 Å². The van der Waals surface area contributed by atoms with Gasteiger partial charge in [0.25, 0.3) is 5.56 Å². The molecule has 0 bridgehead atoms. The number of nitrogens with zero attached hydrogens (tertiary/aromatic N) is 3. The molecule has 150 valence electrons.